The molecular weight excluding hydrogens is 404 g/mol. The van der Waals surface area contributed by atoms with Gasteiger partial charge in [0, 0.05) is 23.8 Å². The van der Waals surface area contributed by atoms with Gasteiger partial charge >= 0.3 is 5.97 Å². The molecule has 0 N–H and O–H groups in total. The van der Waals surface area contributed by atoms with Crippen LogP contribution in [0.1, 0.15) is 49.9 Å². The number of rotatable bonds is 7. The van der Waals surface area contributed by atoms with E-state index in [1.807, 2.05) is 19.1 Å². The molecule has 3 rings (SSSR count). The quantitative estimate of drug-likeness (QED) is 0.234. The summed E-state index contributed by atoms with van der Waals surface area (Å²) in [5.74, 6) is 6.13. The lowest BCUT2D eigenvalue weighted by Crippen LogP contribution is -2.07. The molecule has 0 unspecified atom stereocenters. The first-order valence-electron chi connectivity index (χ1n) is 10.2. The average Bonchev–Trinajstić information content (AvgIpc) is 2.82. The van der Waals surface area contributed by atoms with Crippen molar-refractivity contribution in [3.05, 3.63) is 100 Å². The van der Waals surface area contributed by atoms with Crippen molar-refractivity contribution in [1.29, 1.82) is 0 Å². The maximum atomic E-state index is 13.0. The summed E-state index contributed by atoms with van der Waals surface area (Å²) >= 11 is 0. The fourth-order valence-electron chi connectivity index (χ4n) is 2.97. The van der Waals surface area contributed by atoms with E-state index in [1.165, 1.54) is 7.11 Å². The van der Waals surface area contributed by atoms with E-state index in [1.54, 1.807) is 61.5 Å². The van der Waals surface area contributed by atoms with Crippen molar-refractivity contribution >= 4 is 11.8 Å². The molecule has 0 aliphatic heterocycles. The first-order chi connectivity index (χ1) is 15.5. The van der Waals surface area contributed by atoms with E-state index in [9.17, 15) is 9.59 Å². The Morgan fingerprint density at radius 3 is 2.00 bits per heavy atom. The number of esters is 1. The molecule has 0 heterocycles. The van der Waals surface area contributed by atoms with Crippen molar-refractivity contribution in [2.75, 3.05) is 20.5 Å². The third-order valence-corrected chi connectivity index (χ3v) is 4.61. The zero-order valence-electron chi connectivity index (χ0n) is 18.3. The summed E-state index contributed by atoms with van der Waals surface area (Å²) in [4.78, 5) is 24.7. The molecule has 0 aromatic heterocycles. The van der Waals surface area contributed by atoms with Crippen molar-refractivity contribution in [2.45, 2.75) is 13.8 Å². The summed E-state index contributed by atoms with van der Waals surface area (Å²) < 4.78 is 15.5. The minimum absolute atomic E-state index is 0.0685. The highest BCUT2D eigenvalue weighted by atomic mass is 16.7. The molecule has 0 saturated heterocycles. The lowest BCUT2D eigenvalue weighted by atomic mass is 10.00. The Morgan fingerprint density at radius 2 is 1.44 bits per heavy atom. The predicted octanol–water partition coefficient (Wildman–Crippen LogP) is 4.79. The van der Waals surface area contributed by atoms with Crippen LogP contribution >= 0.6 is 0 Å². The number of aryl methyl sites for hydroxylation is 1. The molecule has 0 saturated carbocycles. The topological polar surface area (TPSA) is 61.8 Å². The Bertz CT molecular complexity index is 1150. The van der Waals surface area contributed by atoms with Crippen LogP contribution in [0, 0.1) is 18.8 Å². The van der Waals surface area contributed by atoms with Crippen LogP contribution in [0.15, 0.2) is 66.7 Å². The summed E-state index contributed by atoms with van der Waals surface area (Å²) in [7, 11) is 1.53. The fourth-order valence-corrected chi connectivity index (χ4v) is 2.97. The van der Waals surface area contributed by atoms with Crippen LogP contribution in [0.5, 0.6) is 5.75 Å². The minimum atomic E-state index is -0.350. The highest BCUT2D eigenvalue weighted by Crippen LogP contribution is 2.24. The summed E-state index contributed by atoms with van der Waals surface area (Å²) in [6, 6.07) is 19.5. The van der Waals surface area contributed by atoms with Gasteiger partial charge in [0.25, 0.3) is 0 Å². The zero-order chi connectivity index (χ0) is 22.9. The number of ketones is 1. The average molecular weight is 428 g/mol. The van der Waals surface area contributed by atoms with Gasteiger partial charge in [-0.15, -0.1) is 0 Å². The molecule has 0 amide bonds. The van der Waals surface area contributed by atoms with Crippen LogP contribution < -0.4 is 4.74 Å². The van der Waals surface area contributed by atoms with Gasteiger partial charge in [-0.1, -0.05) is 17.9 Å². The number of hydrogen-bond donors (Lipinski definition) is 0. The highest BCUT2D eigenvalue weighted by Gasteiger charge is 2.15. The number of hydrogen-bond acceptors (Lipinski definition) is 5. The maximum absolute atomic E-state index is 13.0. The van der Waals surface area contributed by atoms with E-state index in [4.69, 9.17) is 14.2 Å². The Labute approximate surface area is 187 Å². The number of methoxy groups -OCH3 is 1. The third kappa shape index (κ3) is 5.84. The molecule has 0 radical (unpaired) electrons. The zero-order valence-corrected chi connectivity index (χ0v) is 18.3. The molecule has 0 bridgehead atoms. The molecule has 0 spiro atoms. The molecule has 32 heavy (non-hydrogen) atoms. The van der Waals surface area contributed by atoms with E-state index in [2.05, 4.69) is 11.8 Å². The Morgan fingerprint density at radius 1 is 0.844 bits per heavy atom. The first kappa shape index (κ1) is 22.8. The second-order valence-electron chi connectivity index (χ2n) is 7.00. The van der Waals surface area contributed by atoms with Crippen molar-refractivity contribution in [3.8, 4) is 17.6 Å². The van der Waals surface area contributed by atoms with Gasteiger partial charge in [-0.25, -0.2) is 4.79 Å². The molecule has 3 aromatic carbocycles. The van der Waals surface area contributed by atoms with Gasteiger partial charge in [0.15, 0.2) is 12.6 Å². The summed E-state index contributed by atoms with van der Waals surface area (Å²) in [5, 5.41) is 0. The second kappa shape index (κ2) is 10.9. The van der Waals surface area contributed by atoms with Crippen LogP contribution in [0.4, 0.5) is 0 Å². The van der Waals surface area contributed by atoms with Crippen LogP contribution in [-0.2, 0) is 9.47 Å². The van der Waals surface area contributed by atoms with Crippen LogP contribution in [0.3, 0.4) is 0 Å². The van der Waals surface area contributed by atoms with E-state index < -0.39 is 0 Å². The smallest absolute Gasteiger partial charge is 0.338 e. The standard InChI is InChI=1S/C27H24O5/c1-4-31-27(29)23-14-10-21(11-15-23)7-6-20-8-12-22(13-9-20)26(28)24-16-5-19(2)17-25(24)32-18-30-3/h5,8-17H,4,18H2,1-3H3. The van der Waals surface area contributed by atoms with Gasteiger partial charge in [0.1, 0.15) is 5.75 Å². The minimum Gasteiger partial charge on any atom is -0.467 e. The van der Waals surface area contributed by atoms with E-state index >= 15 is 0 Å². The number of benzene rings is 3. The number of ether oxygens (including phenoxy) is 3. The molecule has 5 heteroatoms. The summed E-state index contributed by atoms with van der Waals surface area (Å²) in [6.45, 7) is 4.11. The van der Waals surface area contributed by atoms with Gasteiger partial charge in [0.2, 0.25) is 0 Å². The molecule has 5 nitrogen and oxygen atoms in total. The third-order valence-electron chi connectivity index (χ3n) is 4.61. The lowest BCUT2D eigenvalue weighted by Gasteiger charge is -2.11. The molecule has 0 fully saturated rings. The molecular formula is C27H24O5. The van der Waals surface area contributed by atoms with Gasteiger partial charge in [-0.2, -0.15) is 0 Å². The summed E-state index contributed by atoms with van der Waals surface area (Å²) in [5.41, 5.74) is 4.06. The van der Waals surface area contributed by atoms with E-state index in [-0.39, 0.29) is 18.5 Å². The fraction of sp³-hybridized carbons (Fsp3) is 0.185. The highest BCUT2D eigenvalue weighted by molar-refractivity contribution is 6.10. The van der Waals surface area contributed by atoms with Crippen LogP contribution in [0.25, 0.3) is 0 Å². The predicted molar refractivity (Wildman–Crippen MR) is 122 cm³/mol. The number of carbonyl (C=O) groups is 2. The van der Waals surface area contributed by atoms with Gasteiger partial charge in [0.05, 0.1) is 17.7 Å². The lowest BCUT2D eigenvalue weighted by molar-refractivity contribution is 0.0502. The van der Waals surface area contributed by atoms with Crippen molar-refractivity contribution in [3.63, 3.8) is 0 Å². The van der Waals surface area contributed by atoms with Gasteiger partial charge < -0.3 is 14.2 Å². The van der Waals surface area contributed by atoms with Gasteiger partial charge in [-0.05, 0) is 80.1 Å². The van der Waals surface area contributed by atoms with Crippen LogP contribution in [0.2, 0.25) is 0 Å². The monoisotopic (exact) mass is 428 g/mol. The van der Waals surface area contributed by atoms with E-state index in [0.717, 1.165) is 16.7 Å². The second-order valence-corrected chi connectivity index (χ2v) is 7.00. The van der Waals surface area contributed by atoms with Crippen molar-refractivity contribution < 1.29 is 23.8 Å². The Hall–Kier alpha value is -3.88. The molecule has 0 aliphatic rings. The van der Waals surface area contributed by atoms with Crippen molar-refractivity contribution in [1.82, 2.24) is 0 Å². The Balaban J connectivity index is 1.74. The number of carbonyl (C=O) groups excluding carboxylic acids is 2. The first-order valence-corrected chi connectivity index (χ1v) is 10.2. The van der Waals surface area contributed by atoms with Crippen molar-refractivity contribution in [2.24, 2.45) is 0 Å². The van der Waals surface area contributed by atoms with E-state index in [0.29, 0.717) is 29.0 Å². The Kier molecular flexibility index (Phi) is 7.80. The molecule has 0 atom stereocenters. The maximum Gasteiger partial charge on any atom is 0.338 e. The normalized spacial score (nSPS) is 10.1. The molecule has 0 aliphatic carbocycles. The molecule has 162 valence electrons. The van der Waals surface area contributed by atoms with Crippen LogP contribution in [-0.4, -0.2) is 32.3 Å². The summed E-state index contributed by atoms with van der Waals surface area (Å²) in [6.07, 6.45) is 0. The largest absolute Gasteiger partial charge is 0.467 e. The molecule has 3 aromatic rings. The SMILES string of the molecule is CCOC(=O)c1ccc(C#Cc2ccc(C(=O)c3ccc(C)cc3OCOC)cc2)cc1. The van der Waals surface area contributed by atoms with Gasteiger partial charge in [-0.3, -0.25) is 4.79 Å².